The molecule has 4 aromatic rings. The number of fused-ring (bicyclic) bond motifs is 1. The van der Waals surface area contributed by atoms with Crippen molar-refractivity contribution >= 4 is 39.7 Å². The molecule has 168 valence electrons. The molecule has 1 N–H and O–H groups in total. The molecule has 0 aliphatic carbocycles. The summed E-state index contributed by atoms with van der Waals surface area (Å²) in [4.78, 5) is 31.7. The maximum absolute atomic E-state index is 13.0. The lowest BCUT2D eigenvalue weighted by atomic mass is 10.0. The van der Waals surface area contributed by atoms with Crippen molar-refractivity contribution in [3.63, 3.8) is 0 Å². The molecule has 0 saturated carbocycles. The summed E-state index contributed by atoms with van der Waals surface area (Å²) in [6.07, 6.45) is 7.54. The predicted octanol–water partition coefficient (Wildman–Crippen LogP) is 4.54. The first kappa shape index (κ1) is 21.5. The van der Waals surface area contributed by atoms with Crippen LogP contribution in [-0.2, 0) is 0 Å². The van der Waals surface area contributed by atoms with Crippen LogP contribution in [0.5, 0.6) is 0 Å². The van der Waals surface area contributed by atoms with Crippen molar-refractivity contribution in [2.24, 2.45) is 0 Å². The Labute approximate surface area is 197 Å². The van der Waals surface area contributed by atoms with E-state index in [0.717, 1.165) is 53.0 Å². The quantitative estimate of drug-likeness (QED) is 0.473. The molecule has 0 radical (unpaired) electrons. The number of nitrogens with zero attached hydrogens (tertiary/aromatic N) is 5. The van der Waals surface area contributed by atoms with Crippen LogP contribution in [0.25, 0.3) is 21.2 Å². The smallest absolute Gasteiger partial charge is 0.257 e. The van der Waals surface area contributed by atoms with Crippen LogP contribution in [0.15, 0.2) is 60.5 Å². The van der Waals surface area contributed by atoms with Gasteiger partial charge in [0, 0.05) is 48.7 Å². The standard InChI is InChI=1S/C25H26N6OS/c1-30(2)21-6-9-31(10-7-21)24-13-18(5-8-27-24)25(32)29-23-12-20-11-17(22-15-26-16-33-22)3-4-19(20)14-28-23/h3-5,8,11-16,21H,6-7,9-10H2,1-2H3,(H,28,29,32). The number of benzene rings is 1. The Kier molecular flexibility index (Phi) is 6.02. The molecule has 0 unspecified atom stereocenters. The molecule has 8 heteroatoms. The second-order valence-electron chi connectivity index (χ2n) is 8.54. The van der Waals surface area contributed by atoms with Gasteiger partial charge >= 0.3 is 0 Å². The van der Waals surface area contributed by atoms with Gasteiger partial charge in [-0.25, -0.2) is 9.97 Å². The van der Waals surface area contributed by atoms with Crippen LogP contribution in [0, 0.1) is 0 Å². The number of aromatic nitrogens is 3. The topological polar surface area (TPSA) is 74.2 Å². The van der Waals surface area contributed by atoms with Gasteiger partial charge in [0.1, 0.15) is 11.6 Å². The van der Waals surface area contributed by atoms with E-state index in [1.807, 2.05) is 29.9 Å². The molecule has 0 atom stereocenters. The van der Waals surface area contributed by atoms with Crippen LogP contribution in [-0.4, -0.2) is 59.0 Å². The third-order valence-corrected chi connectivity index (χ3v) is 7.03. The number of piperidine rings is 1. The minimum Gasteiger partial charge on any atom is -0.356 e. The van der Waals surface area contributed by atoms with Gasteiger partial charge in [-0.05, 0) is 62.2 Å². The second kappa shape index (κ2) is 9.25. The van der Waals surface area contributed by atoms with Crippen LogP contribution in [0.1, 0.15) is 23.2 Å². The molecule has 1 aromatic carbocycles. The zero-order chi connectivity index (χ0) is 22.8. The van der Waals surface area contributed by atoms with Crippen molar-refractivity contribution in [3.8, 4) is 10.4 Å². The molecule has 5 rings (SSSR count). The zero-order valence-corrected chi connectivity index (χ0v) is 19.5. The van der Waals surface area contributed by atoms with E-state index >= 15 is 0 Å². The average Bonchev–Trinajstić information content (AvgIpc) is 3.39. The Bertz CT molecular complexity index is 1270. The van der Waals surface area contributed by atoms with Crippen molar-refractivity contribution in [1.82, 2.24) is 19.9 Å². The fourth-order valence-electron chi connectivity index (χ4n) is 4.25. The lowest BCUT2D eigenvalue weighted by Gasteiger charge is -2.35. The number of hydrogen-bond acceptors (Lipinski definition) is 7. The highest BCUT2D eigenvalue weighted by molar-refractivity contribution is 7.13. The summed E-state index contributed by atoms with van der Waals surface area (Å²) in [6.45, 7) is 1.88. The molecule has 4 heterocycles. The molecule has 1 saturated heterocycles. The number of thiazole rings is 1. The molecule has 1 aliphatic heterocycles. The summed E-state index contributed by atoms with van der Waals surface area (Å²) in [6, 6.07) is 12.3. The van der Waals surface area contributed by atoms with E-state index in [-0.39, 0.29) is 5.91 Å². The van der Waals surface area contributed by atoms with E-state index < -0.39 is 0 Å². The third-order valence-electron chi connectivity index (χ3n) is 6.21. The minimum atomic E-state index is -0.188. The monoisotopic (exact) mass is 458 g/mol. The number of amides is 1. The van der Waals surface area contributed by atoms with Gasteiger partial charge in [-0.15, -0.1) is 11.3 Å². The maximum Gasteiger partial charge on any atom is 0.257 e. The average molecular weight is 459 g/mol. The van der Waals surface area contributed by atoms with E-state index in [1.165, 1.54) is 0 Å². The first-order valence-corrected chi connectivity index (χ1v) is 11.9. The Morgan fingerprint density at radius 2 is 1.91 bits per heavy atom. The van der Waals surface area contributed by atoms with Gasteiger partial charge in [0.15, 0.2) is 0 Å². The van der Waals surface area contributed by atoms with Gasteiger partial charge in [-0.3, -0.25) is 9.78 Å². The van der Waals surface area contributed by atoms with Gasteiger partial charge in [0.05, 0.1) is 10.4 Å². The molecule has 0 spiro atoms. The lowest BCUT2D eigenvalue weighted by Crippen LogP contribution is -2.42. The SMILES string of the molecule is CN(C)C1CCN(c2cc(C(=O)Nc3cc4cc(-c5cncs5)ccc4cn3)ccn2)CC1. The number of carbonyl (C=O) groups excluding carboxylic acids is 1. The third kappa shape index (κ3) is 4.72. The molecule has 33 heavy (non-hydrogen) atoms. The van der Waals surface area contributed by atoms with Crippen LogP contribution in [0.3, 0.4) is 0 Å². The van der Waals surface area contributed by atoms with Crippen molar-refractivity contribution in [2.75, 3.05) is 37.4 Å². The van der Waals surface area contributed by atoms with Crippen molar-refractivity contribution in [2.45, 2.75) is 18.9 Å². The van der Waals surface area contributed by atoms with Crippen molar-refractivity contribution in [3.05, 3.63) is 66.1 Å². The Morgan fingerprint density at radius 1 is 1.06 bits per heavy atom. The highest BCUT2D eigenvalue weighted by Crippen LogP contribution is 2.28. The molecular weight excluding hydrogens is 432 g/mol. The van der Waals surface area contributed by atoms with Crippen LogP contribution in [0.4, 0.5) is 11.6 Å². The van der Waals surface area contributed by atoms with E-state index in [4.69, 9.17) is 0 Å². The zero-order valence-electron chi connectivity index (χ0n) is 18.7. The number of pyridine rings is 2. The molecule has 7 nitrogen and oxygen atoms in total. The van der Waals surface area contributed by atoms with E-state index in [2.05, 4.69) is 56.3 Å². The molecule has 3 aromatic heterocycles. The first-order valence-electron chi connectivity index (χ1n) is 11.0. The highest BCUT2D eigenvalue weighted by atomic mass is 32.1. The number of hydrogen-bond donors (Lipinski definition) is 1. The number of nitrogens with one attached hydrogen (secondary N) is 1. The van der Waals surface area contributed by atoms with Crippen LogP contribution in [0.2, 0.25) is 0 Å². The Balaban J connectivity index is 1.32. The number of rotatable bonds is 5. The Morgan fingerprint density at radius 3 is 2.67 bits per heavy atom. The van der Waals surface area contributed by atoms with Gasteiger partial charge in [0.2, 0.25) is 0 Å². The normalized spacial score (nSPS) is 14.7. The Hall–Kier alpha value is -3.36. The summed E-state index contributed by atoms with van der Waals surface area (Å²) in [7, 11) is 4.26. The van der Waals surface area contributed by atoms with Gasteiger partial charge in [-0.1, -0.05) is 12.1 Å². The van der Waals surface area contributed by atoms with Crippen molar-refractivity contribution < 1.29 is 4.79 Å². The lowest BCUT2D eigenvalue weighted by molar-refractivity contribution is 0.102. The number of anilines is 2. The predicted molar refractivity (Wildman–Crippen MR) is 134 cm³/mol. The van der Waals surface area contributed by atoms with E-state index in [1.54, 1.807) is 29.8 Å². The second-order valence-corrected chi connectivity index (χ2v) is 9.42. The van der Waals surface area contributed by atoms with Gasteiger partial charge in [-0.2, -0.15) is 0 Å². The van der Waals surface area contributed by atoms with E-state index in [9.17, 15) is 4.79 Å². The molecule has 1 amide bonds. The molecule has 1 aliphatic rings. The van der Waals surface area contributed by atoms with Crippen LogP contribution < -0.4 is 10.2 Å². The van der Waals surface area contributed by atoms with Gasteiger partial charge in [0.25, 0.3) is 5.91 Å². The maximum atomic E-state index is 13.0. The number of carbonyl (C=O) groups is 1. The summed E-state index contributed by atoms with van der Waals surface area (Å²) in [5, 5.41) is 4.98. The first-order chi connectivity index (χ1) is 16.1. The molecule has 1 fully saturated rings. The minimum absolute atomic E-state index is 0.188. The summed E-state index contributed by atoms with van der Waals surface area (Å²) < 4.78 is 0. The fourth-order valence-corrected chi connectivity index (χ4v) is 4.87. The summed E-state index contributed by atoms with van der Waals surface area (Å²) in [5.74, 6) is 1.19. The summed E-state index contributed by atoms with van der Waals surface area (Å²) in [5.41, 5.74) is 3.51. The highest BCUT2D eigenvalue weighted by Gasteiger charge is 2.22. The molecular formula is C25H26N6OS. The van der Waals surface area contributed by atoms with Crippen LogP contribution >= 0.6 is 11.3 Å². The largest absolute Gasteiger partial charge is 0.356 e. The van der Waals surface area contributed by atoms with E-state index in [0.29, 0.717) is 17.4 Å². The fraction of sp³-hybridized carbons (Fsp3) is 0.280. The summed E-state index contributed by atoms with van der Waals surface area (Å²) >= 11 is 1.60. The van der Waals surface area contributed by atoms with Crippen molar-refractivity contribution in [1.29, 1.82) is 0 Å². The van der Waals surface area contributed by atoms with Gasteiger partial charge < -0.3 is 15.1 Å². The molecule has 0 bridgehead atoms.